The average Bonchev–Trinajstić information content (AvgIpc) is 2.56. The number of likely N-dealkylation sites (tertiary alicyclic amines) is 2. The van der Waals surface area contributed by atoms with Crippen LogP contribution in [-0.2, 0) is 0 Å². The Morgan fingerprint density at radius 1 is 0.700 bits per heavy atom. The fourth-order valence-electron chi connectivity index (χ4n) is 4.39. The van der Waals surface area contributed by atoms with E-state index >= 15 is 0 Å². The second kappa shape index (κ2) is 6.93. The SMILES string of the molecule is N=C(C1CCCCC1)N1CCC(N2CCCCC2)CC1. The molecule has 114 valence electrons. The standard InChI is InChI=1S/C17H31N3/c18-17(15-7-3-1-4-8-15)20-13-9-16(10-14-20)19-11-5-2-6-12-19/h15-16,18H,1-14H2. The van der Waals surface area contributed by atoms with Crippen molar-refractivity contribution in [3.05, 3.63) is 0 Å². The van der Waals surface area contributed by atoms with Gasteiger partial charge in [-0.2, -0.15) is 0 Å². The number of nitrogens with zero attached hydrogens (tertiary/aromatic N) is 2. The third-order valence-electron chi connectivity index (χ3n) is 5.70. The van der Waals surface area contributed by atoms with Crippen molar-refractivity contribution in [3.8, 4) is 0 Å². The third kappa shape index (κ3) is 3.36. The van der Waals surface area contributed by atoms with Gasteiger partial charge in [0.15, 0.2) is 0 Å². The lowest BCUT2D eigenvalue weighted by Gasteiger charge is -2.42. The molecule has 2 saturated heterocycles. The average molecular weight is 277 g/mol. The minimum Gasteiger partial charge on any atom is -0.360 e. The van der Waals surface area contributed by atoms with E-state index in [2.05, 4.69) is 9.80 Å². The van der Waals surface area contributed by atoms with E-state index in [9.17, 15) is 0 Å². The minimum atomic E-state index is 0.579. The van der Waals surface area contributed by atoms with E-state index in [1.165, 1.54) is 77.3 Å². The van der Waals surface area contributed by atoms with E-state index in [1.54, 1.807) is 0 Å². The van der Waals surface area contributed by atoms with Crippen molar-refractivity contribution in [1.82, 2.24) is 9.80 Å². The molecule has 0 radical (unpaired) electrons. The maximum atomic E-state index is 8.50. The van der Waals surface area contributed by atoms with Gasteiger partial charge in [0.25, 0.3) is 0 Å². The van der Waals surface area contributed by atoms with Crippen LogP contribution in [0, 0.1) is 11.3 Å². The molecule has 0 unspecified atom stereocenters. The lowest BCUT2D eigenvalue weighted by Crippen LogP contribution is -2.49. The van der Waals surface area contributed by atoms with Crippen molar-refractivity contribution in [2.45, 2.75) is 70.3 Å². The Morgan fingerprint density at radius 3 is 1.95 bits per heavy atom. The summed E-state index contributed by atoms with van der Waals surface area (Å²) in [5.41, 5.74) is 0. The number of nitrogens with one attached hydrogen (secondary N) is 1. The van der Waals surface area contributed by atoms with E-state index < -0.39 is 0 Å². The zero-order chi connectivity index (χ0) is 13.8. The summed E-state index contributed by atoms with van der Waals surface area (Å²) in [4.78, 5) is 5.13. The Bertz CT molecular complexity index is 308. The Labute approximate surface area is 124 Å². The molecule has 0 atom stereocenters. The summed E-state index contributed by atoms with van der Waals surface area (Å²) in [6, 6.07) is 0.811. The van der Waals surface area contributed by atoms with Crippen LogP contribution in [0.1, 0.15) is 64.2 Å². The first kappa shape index (κ1) is 14.4. The Morgan fingerprint density at radius 2 is 1.30 bits per heavy atom. The van der Waals surface area contributed by atoms with Crippen LogP contribution in [0.25, 0.3) is 0 Å². The predicted molar refractivity (Wildman–Crippen MR) is 84.3 cm³/mol. The van der Waals surface area contributed by atoms with E-state index in [4.69, 9.17) is 5.41 Å². The second-order valence-electron chi connectivity index (χ2n) is 7.04. The zero-order valence-electron chi connectivity index (χ0n) is 12.9. The first-order valence-electron chi connectivity index (χ1n) is 8.92. The Balaban J connectivity index is 1.46. The lowest BCUT2D eigenvalue weighted by atomic mass is 9.87. The van der Waals surface area contributed by atoms with Gasteiger partial charge in [0.05, 0.1) is 5.84 Å². The van der Waals surface area contributed by atoms with Crippen LogP contribution >= 0.6 is 0 Å². The number of rotatable bonds is 2. The first-order valence-corrected chi connectivity index (χ1v) is 8.92. The van der Waals surface area contributed by atoms with Crippen molar-refractivity contribution in [1.29, 1.82) is 5.41 Å². The molecule has 0 spiro atoms. The molecule has 3 nitrogen and oxygen atoms in total. The summed E-state index contributed by atoms with van der Waals surface area (Å²) in [5, 5.41) is 8.50. The molecule has 0 aromatic rings. The number of hydrogen-bond acceptors (Lipinski definition) is 2. The Kier molecular flexibility index (Phi) is 4.98. The number of hydrogen-bond donors (Lipinski definition) is 1. The molecule has 20 heavy (non-hydrogen) atoms. The molecule has 1 aliphatic carbocycles. The van der Waals surface area contributed by atoms with Crippen molar-refractivity contribution in [3.63, 3.8) is 0 Å². The molecular weight excluding hydrogens is 246 g/mol. The largest absolute Gasteiger partial charge is 0.360 e. The van der Waals surface area contributed by atoms with Gasteiger partial charge in [-0.3, -0.25) is 5.41 Å². The Hall–Kier alpha value is -0.570. The number of piperidine rings is 2. The van der Waals surface area contributed by atoms with Gasteiger partial charge in [-0.1, -0.05) is 25.7 Å². The molecule has 0 bridgehead atoms. The maximum Gasteiger partial charge on any atom is 0.0989 e. The summed E-state index contributed by atoms with van der Waals surface area (Å²) in [5.74, 6) is 1.55. The van der Waals surface area contributed by atoms with Crippen molar-refractivity contribution in [2.24, 2.45) is 5.92 Å². The van der Waals surface area contributed by atoms with Gasteiger partial charge in [-0.15, -0.1) is 0 Å². The molecule has 3 rings (SSSR count). The highest BCUT2D eigenvalue weighted by molar-refractivity contribution is 5.81. The number of amidine groups is 1. The van der Waals surface area contributed by atoms with Gasteiger partial charge in [-0.25, -0.2) is 0 Å². The fourth-order valence-corrected chi connectivity index (χ4v) is 4.39. The van der Waals surface area contributed by atoms with Crippen LogP contribution in [0.4, 0.5) is 0 Å². The van der Waals surface area contributed by atoms with E-state index in [0.29, 0.717) is 5.92 Å². The van der Waals surface area contributed by atoms with Gasteiger partial charge >= 0.3 is 0 Å². The highest BCUT2D eigenvalue weighted by atomic mass is 15.2. The zero-order valence-corrected chi connectivity index (χ0v) is 12.9. The van der Waals surface area contributed by atoms with E-state index in [1.807, 2.05) is 0 Å². The minimum absolute atomic E-state index is 0.579. The van der Waals surface area contributed by atoms with Gasteiger partial charge in [0, 0.05) is 25.0 Å². The fraction of sp³-hybridized carbons (Fsp3) is 0.941. The first-order chi connectivity index (χ1) is 9.84. The molecule has 0 aromatic carbocycles. The molecule has 1 saturated carbocycles. The van der Waals surface area contributed by atoms with Crippen LogP contribution in [0.5, 0.6) is 0 Å². The quantitative estimate of drug-likeness (QED) is 0.618. The van der Waals surface area contributed by atoms with E-state index in [0.717, 1.165) is 25.0 Å². The molecule has 0 amide bonds. The molecule has 1 N–H and O–H groups in total. The summed E-state index contributed by atoms with van der Waals surface area (Å²) in [6.07, 6.45) is 13.4. The highest BCUT2D eigenvalue weighted by Gasteiger charge is 2.29. The molecule has 2 heterocycles. The summed E-state index contributed by atoms with van der Waals surface area (Å²) < 4.78 is 0. The summed E-state index contributed by atoms with van der Waals surface area (Å²) in [7, 11) is 0. The second-order valence-corrected chi connectivity index (χ2v) is 7.04. The normalized spacial score (nSPS) is 27.7. The summed E-state index contributed by atoms with van der Waals surface area (Å²) >= 11 is 0. The van der Waals surface area contributed by atoms with Gasteiger partial charge < -0.3 is 9.80 Å². The highest BCUT2D eigenvalue weighted by Crippen LogP contribution is 2.28. The monoisotopic (exact) mass is 277 g/mol. The molecule has 3 fully saturated rings. The molecule has 0 aromatic heterocycles. The molecule has 2 aliphatic heterocycles. The molecule has 3 heteroatoms. The topological polar surface area (TPSA) is 30.3 Å². The van der Waals surface area contributed by atoms with Gasteiger partial charge in [0.2, 0.25) is 0 Å². The predicted octanol–water partition coefficient (Wildman–Crippen LogP) is 3.49. The van der Waals surface area contributed by atoms with Crippen LogP contribution < -0.4 is 0 Å². The van der Waals surface area contributed by atoms with Gasteiger partial charge in [-0.05, 0) is 51.6 Å². The maximum absolute atomic E-state index is 8.50. The molecular formula is C17H31N3. The van der Waals surface area contributed by atoms with Crippen molar-refractivity contribution < 1.29 is 0 Å². The smallest absolute Gasteiger partial charge is 0.0989 e. The van der Waals surface area contributed by atoms with Crippen LogP contribution in [0.2, 0.25) is 0 Å². The molecule has 3 aliphatic rings. The van der Waals surface area contributed by atoms with Crippen molar-refractivity contribution >= 4 is 5.84 Å². The van der Waals surface area contributed by atoms with E-state index in [-0.39, 0.29) is 0 Å². The van der Waals surface area contributed by atoms with Gasteiger partial charge in [0.1, 0.15) is 0 Å². The van der Waals surface area contributed by atoms with Crippen LogP contribution in [0.15, 0.2) is 0 Å². The van der Waals surface area contributed by atoms with Crippen LogP contribution in [0.3, 0.4) is 0 Å². The third-order valence-corrected chi connectivity index (χ3v) is 5.70. The summed E-state index contributed by atoms with van der Waals surface area (Å²) in [6.45, 7) is 4.92. The van der Waals surface area contributed by atoms with Crippen LogP contribution in [-0.4, -0.2) is 47.9 Å². The van der Waals surface area contributed by atoms with Crippen molar-refractivity contribution in [2.75, 3.05) is 26.2 Å². The lowest BCUT2D eigenvalue weighted by molar-refractivity contribution is 0.112.